The molecule has 1 heterocycles. The molecule has 2 N–H and O–H groups in total. The maximum atomic E-state index is 12.5. The third-order valence-electron chi connectivity index (χ3n) is 3.29. The van der Waals surface area contributed by atoms with Crippen molar-refractivity contribution in [2.24, 2.45) is 0 Å². The van der Waals surface area contributed by atoms with Gasteiger partial charge >= 0.3 is 0 Å². The maximum absolute atomic E-state index is 12.5. The number of hydrogen-bond acceptors (Lipinski definition) is 5. The molecule has 0 saturated carbocycles. The number of amides is 2. The normalized spacial score (nSPS) is 15.7. The molecule has 0 aliphatic carbocycles. The molecule has 1 saturated heterocycles. The minimum absolute atomic E-state index is 0.103. The third-order valence-corrected chi connectivity index (χ3v) is 5.29. The molecule has 0 atom stereocenters. The zero-order chi connectivity index (χ0) is 18.0. The predicted molar refractivity (Wildman–Crippen MR) is 105 cm³/mol. The van der Waals surface area contributed by atoms with E-state index >= 15 is 0 Å². The number of aromatic hydroxyl groups is 1. The predicted octanol–water partition coefficient (Wildman–Crippen LogP) is 3.70. The first-order valence-electron chi connectivity index (χ1n) is 7.08. The van der Waals surface area contributed by atoms with E-state index in [0.717, 1.165) is 16.8 Å². The largest absolute Gasteiger partial charge is 0.508 e. The average molecular weight is 435 g/mol. The molecule has 1 aliphatic rings. The number of rotatable bonds is 3. The van der Waals surface area contributed by atoms with Crippen LogP contribution in [0.15, 0.2) is 57.9 Å². The monoisotopic (exact) mass is 434 g/mol. The summed E-state index contributed by atoms with van der Waals surface area (Å²) in [6.07, 6.45) is 1.61. The van der Waals surface area contributed by atoms with Gasteiger partial charge in [0.25, 0.3) is 11.8 Å². The van der Waals surface area contributed by atoms with E-state index in [1.165, 1.54) is 6.07 Å². The summed E-state index contributed by atoms with van der Waals surface area (Å²) in [5.41, 5.74) is 3.59. The van der Waals surface area contributed by atoms with Gasteiger partial charge in [-0.3, -0.25) is 15.0 Å². The molecule has 0 bridgehead atoms. The van der Waals surface area contributed by atoms with Gasteiger partial charge in [-0.05, 0) is 64.1 Å². The molecule has 1 aliphatic heterocycles. The molecule has 2 aromatic carbocycles. The van der Waals surface area contributed by atoms with E-state index in [2.05, 4.69) is 21.4 Å². The molecule has 0 aromatic heterocycles. The van der Waals surface area contributed by atoms with Gasteiger partial charge in [0, 0.05) is 4.47 Å². The molecule has 1 fully saturated rings. The molecular weight excluding hydrogens is 424 g/mol. The van der Waals surface area contributed by atoms with Crippen LogP contribution in [0.1, 0.15) is 15.9 Å². The molecule has 126 valence electrons. The molecular formula is C17H11BrN2O3S2. The summed E-state index contributed by atoms with van der Waals surface area (Å²) in [5.74, 6) is -0.757. The standard InChI is InChI=1S/C17H11BrN2O3S2/c18-13-7-2-1-6-12(13)15(22)19-20-16(23)14(25-17(20)24)9-10-4-3-5-11(21)8-10/h1-9,21H,(H,19,22). The molecule has 5 nitrogen and oxygen atoms in total. The van der Waals surface area contributed by atoms with Crippen LogP contribution in [0.3, 0.4) is 0 Å². The molecule has 8 heteroatoms. The Morgan fingerprint density at radius 1 is 1.24 bits per heavy atom. The van der Waals surface area contributed by atoms with Gasteiger partial charge in [-0.2, -0.15) is 5.01 Å². The Labute approximate surface area is 161 Å². The van der Waals surface area contributed by atoms with Crippen molar-refractivity contribution in [3.05, 3.63) is 69.0 Å². The lowest BCUT2D eigenvalue weighted by molar-refractivity contribution is -0.123. The zero-order valence-electron chi connectivity index (χ0n) is 12.6. The summed E-state index contributed by atoms with van der Waals surface area (Å²) in [6.45, 7) is 0. The van der Waals surface area contributed by atoms with Crippen LogP contribution in [0.25, 0.3) is 6.08 Å². The van der Waals surface area contributed by atoms with Crippen LogP contribution < -0.4 is 5.43 Å². The van der Waals surface area contributed by atoms with Crippen molar-refractivity contribution in [2.75, 3.05) is 0 Å². The Balaban J connectivity index is 1.80. The second-order valence-corrected chi connectivity index (χ2v) is 7.56. The van der Waals surface area contributed by atoms with Crippen LogP contribution in [-0.2, 0) is 4.79 Å². The van der Waals surface area contributed by atoms with E-state index in [1.807, 2.05) is 0 Å². The molecule has 2 amide bonds. The topological polar surface area (TPSA) is 69.6 Å². The number of benzene rings is 2. The summed E-state index contributed by atoms with van der Waals surface area (Å²) in [6, 6.07) is 13.4. The number of halogens is 1. The highest BCUT2D eigenvalue weighted by Gasteiger charge is 2.34. The van der Waals surface area contributed by atoms with Gasteiger partial charge in [-0.25, -0.2) is 0 Å². The average Bonchev–Trinajstić information content (AvgIpc) is 2.83. The highest BCUT2D eigenvalue weighted by Crippen LogP contribution is 2.32. The van der Waals surface area contributed by atoms with Crippen LogP contribution in [-0.4, -0.2) is 26.3 Å². The van der Waals surface area contributed by atoms with Crippen molar-refractivity contribution >= 4 is 62.1 Å². The number of thiocarbonyl (C=S) groups is 1. The van der Waals surface area contributed by atoms with Crippen molar-refractivity contribution in [1.82, 2.24) is 10.4 Å². The van der Waals surface area contributed by atoms with E-state index in [0.29, 0.717) is 20.5 Å². The Hall–Kier alpha value is -2.16. The number of hydrogen-bond donors (Lipinski definition) is 2. The lowest BCUT2D eigenvalue weighted by Gasteiger charge is -2.16. The fourth-order valence-electron chi connectivity index (χ4n) is 2.14. The smallest absolute Gasteiger partial charge is 0.285 e. The quantitative estimate of drug-likeness (QED) is 0.569. The Bertz CT molecular complexity index is 914. The van der Waals surface area contributed by atoms with Crippen LogP contribution in [0, 0.1) is 0 Å². The van der Waals surface area contributed by atoms with Crippen LogP contribution >= 0.6 is 39.9 Å². The molecule has 0 unspecified atom stereocenters. The van der Waals surface area contributed by atoms with Crippen LogP contribution in [0.4, 0.5) is 0 Å². The number of hydrazine groups is 1. The SMILES string of the molecule is O=C(NN1C(=O)C(=Cc2cccc(O)c2)SC1=S)c1ccccc1Br. The van der Waals surface area contributed by atoms with Crippen molar-refractivity contribution in [3.63, 3.8) is 0 Å². The van der Waals surface area contributed by atoms with E-state index < -0.39 is 11.8 Å². The fourth-order valence-corrected chi connectivity index (χ4v) is 3.78. The van der Waals surface area contributed by atoms with Crippen LogP contribution in [0.2, 0.25) is 0 Å². The minimum atomic E-state index is -0.442. The highest BCUT2D eigenvalue weighted by molar-refractivity contribution is 9.10. The zero-order valence-corrected chi connectivity index (χ0v) is 15.8. The fraction of sp³-hybridized carbons (Fsp3) is 0. The first-order chi connectivity index (χ1) is 12.0. The first-order valence-corrected chi connectivity index (χ1v) is 9.10. The molecule has 2 aromatic rings. The second-order valence-electron chi connectivity index (χ2n) is 5.03. The second kappa shape index (κ2) is 7.38. The number of nitrogens with one attached hydrogen (secondary N) is 1. The van der Waals surface area contributed by atoms with Gasteiger partial charge in [0.2, 0.25) is 0 Å². The summed E-state index contributed by atoms with van der Waals surface area (Å²) in [4.78, 5) is 25.2. The molecule has 0 radical (unpaired) electrons. The Morgan fingerprint density at radius 2 is 2.00 bits per heavy atom. The summed E-state index contributed by atoms with van der Waals surface area (Å²) >= 11 is 9.58. The third kappa shape index (κ3) is 3.92. The Kier molecular flexibility index (Phi) is 5.22. The van der Waals surface area contributed by atoms with Crippen molar-refractivity contribution < 1.29 is 14.7 Å². The summed E-state index contributed by atoms with van der Waals surface area (Å²) < 4.78 is 0.852. The van der Waals surface area contributed by atoms with E-state index in [1.54, 1.807) is 48.5 Å². The van der Waals surface area contributed by atoms with Gasteiger partial charge in [-0.15, -0.1) is 0 Å². The van der Waals surface area contributed by atoms with Gasteiger partial charge in [-0.1, -0.05) is 36.0 Å². The number of carbonyl (C=O) groups is 2. The van der Waals surface area contributed by atoms with Gasteiger partial charge in [0.05, 0.1) is 10.5 Å². The first kappa shape index (κ1) is 17.7. The molecule has 0 spiro atoms. The highest BCUT2D eigenvalue weighted by atomic mass is 79.9. The van der Waals surface area contributed by atoms with Crippen molar-refractivity contribution in [1.29, 1.82) is 0 Å². The maximum Gasteiger partial charge on any atom is 0.285 e. The summed E-state index contributed by atoms with van der Waals surface area (Å²) in [5, 5.41) is 10.6. The summed E-state index contributed by atoms with van der Waals surface area (Å²) in [7, 11) is 0. The van der Waals surface area contributed by atoms with Crippen molar-refractivity contribution in [2.45, 2.75) is 0 Å². The van der Waals surface area contributed by atoms with Crippen molar-refractivity contribution in [3.8, 4) is 5.75 Å². The minimum Gasteiger partial charge on any atom is -0.508 e. The van der Waals surface area contributed by atoms with E-state index in [-0.39, 0.29) is 10.1 Å². The van der Waals surface area contributed by atoms with Gasteiger partial charge in [0.15, 0.2) is 4.32 Å². The molecule has 25 heavy (non-hydrogen) atoms. The van der Waals surface area contributed by atoms with Gasteiger partial charge in [0.1, 0.15) is 5.75 Å². The lowest BCUT2D eigenvalue weighted by atomic mass is 10.2. The van der Waals surface area contributed by atoms with Crippen LogP contribution in [0.5, 0.6) is 5.75 Å². The van der Waals surface area contributed by atoms with Gasteiger partial charge < -0.3 is 5.11 Å². The number of phenolic OH excluding ortho intramolecular Hbond substituents is 1. The lowest BCUT2D eigenvalue weighted by Crippen LogP contribution is -2.44. The number of carbonyl (C=O) groups excluding carboxylic acids is 2. The van der Waals surface area contributed by atoms with E-state index in [4.69, 9.17) is 12.2 Å². The molecule has 3 rings (SSSR count). The Morgan fingerprint density at radius 3 is 2.72 bits per heavy atom. The number of phenols is 1. The van der Waals surface area contributed by atoms with E-state index in [9.17, 15) is 14.7 Å². The number of nitrogens with zero attached hydrogens (tertiary/aromatic N) is 1. The number of thioether (sulfide) groups is 1.